The summed E-state index contributed by atoms with van der Waals surface area (Å²) in [4.78, 5) is 125. The number of hydrogen-bond donors (Lipinski definition) is 10. The summed E-state index contributed by atoms with van der Waals surface area (Å²) in [6.07, 6.45) is -2.68. The van der Waals surface area contributed by atoms with E-state index in [1.54, 1.807) is 140 Å². The van der Waals surface area contributed by atoms with E-state index >= 15 is 0 Å². The van der Waals surface area contributed by atoms with Gasteiger partial charge in [0.2, 0.25) is 35.4 Å². The first kappa shape index (κ1) is 71.0. The number of carbonyl (C=O) groups excluding carboxylic acids is 9. The maximum Gasteiger partial charge on any atom is 0.514 e. The number of rotatable bonds is 31. The van der Waals surface area contributed by atoms with Gasteiger partial charge in [0, 0.05) is 35.8 Å². The third-order valence-corrected chi connectivity index (χ3v) is 14.9. The van der Waals surface area contributed by atoms with Gasteiger partial charge >= 0.3 is 12.2 Å². The highest BCUT2D eigenvalue weighted by molar-refractivity contribution is 9.10. The molecule has 0 spiro atoms. The molecule has 0 saturated carbocycles. The van der Waals surface area contributed by atoms with Gasteiger partial charge in [0.1, 0.15) is 60.3 Å². The Morgan fingerprint density at radius 1 is 0.494 bits per heavy atom. The molecule has 0 aromatic heterocycles. The number of hydrazine groups is 1. The van der Waals surface area contributed by atoms with Gasteiger partial charge in [-0.25, -0.2) is 15.4 Å². The predicted octanol–water partition coefficient (Wildman–Crippen LogP) is 5.25. The van der Waals surface area contributed by atoms with E-state index in [1.807, 2.05) is 42.5 Å². The minimum Gasteiger partial charge on any atom is -0.444 e. The van der Waals surface area contributed by atoms with Gasteiger partial charge in [0.05, 0.1) is 12.7 Å². The van der Waals surface area contributed by atoms with Gasteiger partial charge < -0.3 is 61.9 Å². The zero-order valence-electron chi connectivity index (χ0n) is 51.3. The number of alkyl carbamates (subject to hydrolysis) is 1. The lowest BCUT2D eigenvalue weighted by Crippen LogP contribution is -2.63. The van der Waals surface area contributed by atoms with Crippen molar-refractivity contribution in [1.82, 2.24) is 42.6 Å². The van der Waals surface area contributed by atoms with Crippen LogP contribution in [0.1, 0.15) is 89.6 Å². The van der Waals surface area contributed by atoms with Crippen molar-refractivity contribution in [1.29, 1.82) is 0 Å². The van der Waals surface area contributed by atoms with Crippen molar-refractivity contribution >= 4 is 69.5 Å². The van der Waals surface area contributed by atoms with Crippen molar-refractivity contribution in [2.45, 2.75) is 148 Å². The van der Waals surface area contributed by atoms with Crippen LogP contribution >= 0.6 is 15.9 Å². The number of amides is 8. The first-order chi connectivity index (χ1) is 42.4. The van der Waals surface area contributed by atoms with E-state index in [4.69, 9.17) is 30.5 Å². The molecule has 0 aliphatic rings. The van der Waals surface area contributed by atoms with Gasteiger partial charge in [-0.2, -0.15) is 0 Å². The summed E-state index contributed by atoms with van der Waals surface area (Å²) in [6.45, 7) is 13.0. The van der Waals surface area contributed by atoms with Crippen LogP contribution in [0.3, 0.4) is 0 Å². The molecule has 0 saturated heterocycles. The van der Waals surface area contributed by atoms with Crippen LogP contribution in [0.2, 0.25) is 0 Å². The van der Waals surface area contributed by atoms with Crippen LogP contribution in [-0.4, -0.2) is 114 Å². The van der Waals surface area contributed by atoms with Crippen LogP contribution in [0.25, 0.3) is 0 Å². The van der Waals surface area contributed by atoms with E-state index in [9.17, 15) is 43.2 Å². The topological polar surface area (TPSA) is 339 Å². The lowest BCUT2D eigenvalue weighted by atomic mass is 9.96. The summed E-state index contributed by atoms with van der Waals surface area (Å²) in [5.74, 6) is -0.919. The van der Waals surface area contributed by atoms with Crippen LogP contribution in [0.15, 0.2) is 144 Å². The molecule has 0 aliphatic carbocycles. The smallest absolute Gasteiger partial charge is 0.444 e. The summed E-state index contributed by atoms with van der Waals surface area (Å²) in [5.41, 5.74) is 10.7. The molecule has 0 unspecified atom stereocenters. The normalized spacial score (nSPS) is 14.2. The second kappa shape index (κ2) is 35.3. The number of nitrogens with one attached hydrogen (secondary N) is 8. The molecule has 8 amide bonds. The minimum absolute atomic E-state index is 0.0141. The molecule has 0 heterocycles. The van der Waals surface area contributed by atoms with Crippen molar-refractivity contribution in [3.05, 3.63) is 172 Å². The fraction of sp³-hybridized carbons (Fsp3) is 0.400. The molecule has 5 aromatic carbocycles. The van der Waals surface area contributed by atoms with Crippen molar-refractivity contribution in [3.8, 4) is 5.75 Å². The van der Waals surface area contributed by atoms with Gasteiger partial charge in [-0.15, -0.1) is 0 Å². The molecule has 5 rings (SSSR count). The number of nitrogens with two attached hydrogens (primary N) is 2. The quantitative estimate of drug-likeness (QED) is 0.00891. The molecular weight excluding hydrogens is 1210 g/mol. The molecule has 24 heteroatoms. The van der Waals surface area contributed by atoms with Crippen molar-refractivity contribution in [2.24, 2.45) is 23.4 Å². The monoisotopic (exact) mass is 1290 g/mol. The summed E-state index contributed by atoms with van der Waals surface area (Å²) in [5, 5.41) is 19.0. The van der Waals surface area contributed by atoms with Gasteiger partial charge in [-0.1, -0.05) is 171 Å². The van der Waals surface area contributed by atoms with Gasteiger partial charge in [-0.05, 0) is 80.0 Å². The summed E-state index contributed by atoms with van der Waals surface area (Å²) in [7, 11) is 0. The van der Waals surface area contributed by atoms with Crippen LogP contribution in [0.5, 0.6) is 5.75 Å². The highest BCUT2D eigenvalue weighted by Crippen LogP contribution is 2.20. The number of carbonyl (C=O) groups is 9. The second-order valence-corrected chi connectivity index (χ2v) is 23.5. The summed E-state index contributed by atoms with van der Waals surface area (Å²) in [6, 6.07) is 30.7. The lowest BCUT2D eigenvalue weighted by Gasteiger charge is -2.31. The van der Waals surface area contributed by atoms with E-state index in [0.717, 1.165) is 21.2 Å². The Kier molecular flexibility index (Phi) is 28.2. The van der Waals surface area contributed by atoms with Crippen LogP contribution in [0.4, 0.5) is 9.59 Å². The Bertz CT molecular complexity index is 3140. The average molecular weight is 1290 g/mol. The van der Waals surface area contributed by atoms with Gasteiger partial charge in [-0.3, -0.25) is 39.0 Å². The fourth-order valence-electron chi connectivity index (χ4n) is 8.99. The van der Waals surface area contributed by atoms with E-state index in [-0.39, 0.29) is 38.2 Å². The molecule has 5 aromatic rings. The molecule has 478 valence electrons. The standard InChI is InChI=1S/C65H83BrN10O13/c1-9-40(4)54(74-58(79)52(36-67)71-60(81)53(39(2)3)73-57(78)50(34-43-23-15-11-16-24-43)72-63(84)89-65(6,7)8)61(82)69-49(33-42-21-13-10-14-22-42)56(77)75-55(41(5)86-37-45-25-17-12-18-26-45)62(83)70-51(59(80)76-68)35-44-29-31-47(32-30-44)88-64(85)87-38-46-27-19-20-28-48(46)66/h10-32,39-41,49-55H,9,33-38,67-68H2,1-8H3,(H,69,82)(H,70,83)(H,71,81)(H,72,84)(H,73,78)(H,74,79)(H,75,77)(H,76,80)/t40-,41+,49-,50-,51+,52+,53-,54-,55-/m0/s1. The van der Waals surface area contributed by atoms with Gasteiger partial charge in [0.15, 0.2) is 0 Å². The maximum absolute atomic E-state index is 14.9. The SMILES string of the molecule is CC[C@H](C)[C@H](NC(=O)[C@@H](CN)NC(=O)[C@@H](NC(=O)[C@H](Cc1ccccc1)NC(=O)OC(C)(C)C)C(C)C)C(=O)N[C@@H](Cc1ccccc1)C(=O)N[C@H](C(=O)N[C@H](Cc1ccc(OC(=O)OCc2ccccc2Br)cc1)C(=O)NN)[C@@H](C)OCc1ccccc1. The summed E-state index contributed by atoms with van der Waals surface area (Å²) >= 11 is 3.41. The van der Waals surface area contributed by atoms with Crippen molar-refractivity contribution < 1.29 is 62.1 Å². The largest absolute Gasteiger partial charge is 0.514 e. The maximum atomic E-state index is 14.9. The first-order valence-corrected chi connectivity index (χ1v) is 30.1. The Morgan fingerprint density at radius 3 is 1.44 bits per heavy atom. The van der Waals surface area contributed by atoms with Gasteiger partial charge in [0.25, 0.3) is 5.91 Å². The minimum atomic E-state index is -1.51. The van der Waals surface area contributed by atoms with Crippen molar-refractivity contribution in [3.63, 3.8) is 0 Å². The van der Waals surface area contributed by atoms with E-state index in [2.05, 4.69) is 58.6 Å². The number of halogens is 1. The van der Waals surface area contributed by atoms with Crippen LogP contribution in [0, 0.1) is 11.8 Å². The third-order valence-electron chi connectivity index (χ3n) is 14.2. The molecular formula is C65H83BrN10O13. The highest BCUT2D eigenvalue weighted by Gasteiger charge is 2.38. The molecule has 23 nitrogen and oxygen atoms in total. The van der Waals surface area contributed by atoms with Crippen LogP contribution in [-0.2, 0) is 80.2 Å². The van der Waals surface area contributed by atoms with E-state index < -0.39 is 126 Å². The number of ether oxygens (including phenoxy) is 4. The Hall–Kier alpha value is -8.71. The Balaban J connectivity index is 1.34. The molecule has 12 N–H and O–H groups in total. The Labute approximate surface area is 527 Å². The molecule has 0 fully saturated rings. The zero-order chi connectivity index (χ0) is 65.2. The number of benzene rings is 5. The van der Waals surface area contributed by atoms with Crippen molar-refractivity contribution in [2.75, 3.05) is 6.54 Å². The Morgan fingerprint density at radius 2 is 0.933 bits per heavy atom. The summed E-state index contributed by atoms with van der Waals surface area (Å²) < 4.78 is 23.0. The number of hydrogen-bond acceptors (Lipinski definition) is 15. The predicted molar refractivity (Wildman–Crippen MR) is 337 cm³/mol. The molecule has 0 aliphatic heterocycles. The fourth-order valence-corrected chi connectivity index (χ4v) is 9.39. The third kappa shape index (κ3) is 23.7. The molecule has 0 radical (unpaired) electrons. The first-order valence-electron chi connectivity index (χ1n) is 29.3. The zero-order valence-corrected chi connectivity index (χ0v) is 52.9. The lowest BCUT2D eigenvalue weighted by molar-refractivity contribution is -0.138. The molecule has 0 bridgehead atoms. The van der Waals surface area contributed by atoms with E-state index in [0.29, 0.717) is 17.5 Å². The molecule has 89 heavy (non-hydrogen) atoms. The van der Waals surface area contributed by atoms with Crippen LogP contribution < -0.4 is 59.0 Å². The van der Waals surface area contributed by atoms with E-state index in [1.165, 1.54) is 12.1 Å². The average Bonchev–Trinajstić information content (AvgIpc) is 3.48. The molecule has 9 atom stereocenters. The highest BCUT2D eigenvalue weighted by atomic mass is 79.9. The second-order valence-electron chi connectivity index (χ2n) is 22.7.